The predicted molar refractivity (Wildman–Crippen MR) is 249 cm³/mol. The molecule has 5 heteroatoms. The fourth-order valence-corrected chi connectivity index (χ4v) is 10.1. The second kappa shape index (κ2) is 12.3. The van der Waals surface area contributed by atoms with Gasteiger partial charge in [0.2, 0.25) is 0 Å². The third-order valence-electron chi connectivity index (χ3n) is 12.5. The third-order valence-corrected chi connectivity index (χ3v) is 12.5. The van der Waals surface area contributed by atoms with Crippen LogP contribution in [0.2, 0.25) is 0 Å². The number of rotatable bonds is 4. The van der Waals surface area contributed by atoms with Crippen molar-refractivity contribution in [2.24, 2.45) is 0 Å². The molecule has 0 bridgehead atoms. The van der Waals surface area contributed by atoms with Gasteiger partial charge in [0.25, 0.3) is 0 Å². The molecule has 0 atom stereocenters. The van der Waals surface area contributed by atoms with Crippen LogP contribution in [0.3, 0.4) is 0 Å². The first kappa shape index (κ1) is 32.7. The van der Waals surface area contributed by atoms with Gasteiger partial charge in [0.1, 0.15) is 0 Å². The van der Waals surface area contributed by atoms with Gasteiger partial charge in [-0.1, -0.05) is 109 Å². The van der Waals surface area contributed by atoms with Gasteiger partial charge in [0.05, 0.1) is 55.8 Å². The Morgan fingerprint density at radius 2 is 0.717 bits per heavy atom. The smallest absolute Gasteiger partial charge is 0.0992 e. The van der Waals surface area contributed by atoms with Crippen molar-refractivity contribution in [2.75, 3.05) is 0 Å². The zero-order valence-electron chi connectivity index (χ0n) is 32.3. The molecule has 0 spiro atoms. The first-order valence-electron chi connectivity index (χ1n) is 20.3. The van der Waals surface area contributed by atoms with Gasteiger partial charge in [0.15, 0.2) is 0 Å². The minimum atomic E-state index is 0.639. The van der Waals surface area contributed by atoms with E-state index < -0.39 is 0 Å². The van der Waals surface area contributed by atoms with Crippen molar-refractivity contribution < 1.29 is 0 Å². The molecular weight excluding hydrogens is 731 g/mol. The molecule has 60 heavy (non-hydrogen) atoms. The van der Waals surface area contributed by atoms with E-state index in [-0.39, 0.29) is 0 Å². The van der Waals surface area contributed by atoms with Crippen molar-refractivity contribution in [3.63, 3.8) is 0 Å². The van der Waals surface area contributed by atoms with Gasteiger partial charge >= 0.3 is 0 Å². The van der Waals surface area contributed by atoms with Gasteiger partial charge in [-0.25, -0.2) is 0 Å². The largest absolute Gasteiger partial charge is 0.309 e. The summed E-state index contributed by atoms with van der Waals surface area (Å²) in [5.74, 6) is 0. The Morgan fingerprint density at radius 1 is 0.283 bits per heavy atom. The molecule has 0 aliphatic rings. The van der Waals surface area contributed by atoms with E-state index in [1.54, 1.807) is 0 Å². The van der Waals surface area contributed by atoms with E-state index in [4.69, 9.17) is 0 Å². The molecule has 0 amide bonds. The number of benzene rings is 9. The Kier molecular flexibility index (Phi) is 6.73. The summed E-state index contributed by atoms with van der Waals surface area (Å²) in [6, 6.07) is 74.2. The van der Waals surface area contributed by atoms with E-state index in [2.05, 4.69) is 206 Å². The average Bonchev–Trinajstić information content (AvgIpc) is 4.04. The van der Waals surface area contributed by atoms with Crippen LogP contribution < -0.4 is 0 Å². The maximum absolute atomic E-state index is 10.0. The molecule has 0 radical (unpaired) electrons. The molecule has 13 aromatic rings. The van der Waals surface area contributed by atoms with Gasteiger partial charge in [-0.3, -0.25) is 0 Å². The van der Waals surface area contributed by atoms with Crippen LogP contribution in [-0.4, -0.2) is 18.3 Å². The van der Waals surface area contributed by atoms with Crippen LogP contribution >= 0.6 is 0 Å². The van der Waals surface area contributed by atoms with Gasteiger partial charge in [-0.15, -0.1) is 0 Å². The lowest BCUT2D eigenvalue weighted by atomic mass is 10.1. The van der Waals surface area contributed by atoms with Crippen molar-refractivity contribution in [1.82, 2.24) is 18.3 Å². The molecule has 0 fully saturated rings. The molecule has 0 saturated carbocycles. The lowest BCUT2D eigenvalue weighted by molar-refractivity contribution is 1.17. The second-order valence-electron chi connectivity index (χ2n) is 15.6. The molecule has 13 rings (SSSR count). The summed E-state index contributed by atoms with van der Waals surface area (Å²) in [5, 5.41) is 19.5. The van der Waals surface area contributed by atoms with Crippen LogP contribution in [0.1, 0.15) is 5.56 Å². The van der Waals surface area contributed by atoms with E-state index >= 15 is 0 Å². The Labute approximate surface area is 344 Å². The monoisotopic (exact) mass is 763 g/mol. The quantitative estimate of drug-likeness (QED) is 0.176. The molecule has 0 N–H and O–H groups in total. The second-order valence-corrected chi connectivity index (χ2v) is 15.6. The Bertz CT molecular complexity index is 3930. The molecule has 278 valence electrons. The number of hydrogen-bond acceptors (Lipinski definition) is 1. The van der Waals surface area contributed by atoms with Crippen LogP contribution in [0.25, 0.3) is 110 Å². The van der Waals surface area contributed by atoms with Gasteiger partial charge < -0.3 is 18.3 Å². The molecule has 4 aromatic heterocycles. The summed E-state index contributed by atoms with van der Waals surface area (Å²) in [6.07, 6.45) is 0. The van der Waals surface area contributed by atoms with E-state index in [1.165, 1.54) is 48.9 Å². The minimum absolute atomic E-state index is 0.639. The Morgan fingerprint density at radius 3 is 1.33 bits per heavy atom. The zero-order valence-corrected chi connectivity index (χ0v) is 32.3. The lowest BCUT2D eigenvalue weighted by Gasteiger charge is -2.12. The first-order valence-corrected chi connectivity index (χ1v) is 20.3. The third kappa shape index (κ3) is 4.39. The number of aromatic nitrogens is 4. The zero-order chi connectivity index (χ0) is 39.5. The fourth-order valence-electron chi connectivity index (χ4n) is 10.1. The number of fused-ring (bicyclic) bond motifs is 14. The molecule has 9 aromatic carbocycles. The SMILES string of the molecule is N#Cc1ccc2c3c(ccc4c5ccccc5n(-c5ccc6c(c5)c5ccc7c(c8ccccc8n7-c7ccccc7)c5n6-c5ccccc5)c43)n(-c3ccccc3)c2c1. The van der Waals surface area contributed by atoms with E-state index in [9.17, 15) is 5.26 Å². The van der Waals surface area contributed by atoms with E-state index in [1.807, 2.05) is 18.2 Å². The van der Waals surface area contributed by atoms with Crippen LogP contribution in [0, 0.1) is 11.3 Å². The van der Waals surface area contributed by atoms with Crippen molar-refractivity contribution in [2.45, 2.75) is 0 Å². The van der Waals surface area contributed by atoms with Crippen molar-refractivity contribution >= 4 is 87.2 Å². The standard InChI is InChI=1S/C55H33N5/c56-34-35-24-26-44-51(32-35)58(37-16-6-2-7-17-37)50-30-27-41-40-20-10-12-22-46(40)60(54(41)53(44)50)39-25-29-48-45(33-39)42-28-31-49-52(55(42)59(48)38-18-8-3-9-19-38)43-21-11-13-23-47(43)57(49)36-14-4-1-5-15-36/h1-33H. The minimum Gasteiger partial charge on any atom is -0.309 e. The highest BCUT2D eigenvalue weighted by atomic mass is 15.0. The van der Waals surface area contributed by atoms with Gasteiger partial charge in [-0.05, 0) is 91.0 Å². The van der Waals surface area contributed by atoms with Crippen molar-refractivity contribution in [1.29, 1.82) is 5.26 Å². The average molecular weight is 764 g/mol. The molecule has 0 aliphatic carbocycles. The van der Waals surface area contributed by atoms with Crippen LogP contribution in [0.15, 0.2) is 200 Å². The fraction of sp³-hybridized carbons (Fsp3) is 0. The highest BCUT2D eigenvalue weighted by molar-refractivity contribution is 6.28. The van der Waals surface area contributed by atoms with Gasteiger partial charge in [-0.2, -0.15) is 5.26 Å². The highest BCUT2D eigenvalue weighted by Crippen LogP contribution is 2.45. The van der Waals surface area contributed by atoms with Crippen LogP contribution in [-0.2, 0) is 0 Å². The maximum atomic E-state index is 10.0. The Hall–Kier alpha value is -8.33. The summed E-state index contributed by atoms with van der Waals surface area (Å²) in [7, 11) is 0. The number of para-hydroxylation sites is 5. The lowest BCUT2D eigenvalue weighted by Crippen LogP contribution is -1.96. The molecule has 0 unspecified atom stereocenters. The van der Waals surface area contributed by atoms with E-state index in [0.29, 0.717) is 5.56 Å². The normalized spacial score (nSPS) is 12.0. The molecule has 4 heterocycles. The molecule has 5 nitrogen and oxygen atoms in total. The number of hydrogen-bond donors (Lipinski definition) is 0. The van der Waals surface area contributed by atoms with Crippen LogP contribution in [0.4, 0.5) is 0 Å². The maximum Gasteiger partial charge on any atom is 0.0992 e. The molecular formula is C55H33N5. The molecule has 0 saturated heterocycles. The van der Waals surface area contributed by atoms with Gasteiger partial charge in [0, 0.05) is 65.8 Å². The predicted octanol–water partition coefficient (Wildman–Crippen LogP) is 13.9. The number of nitrogens with zero attached hydrogens (tertiary/aromatic N) is 5. The summed E-state index contributed by atoms with van der Waals surface area (Å²) in [6.45, 7) is 0. The van der Waals surface area contributed by atoms with Crippen molar-refractivity contribution in [3.05, 3.63) is 206 Å². The van der Waals surface area contributed by atoms with E-state index in [0.717, 1.165) is 61.1 Å². The first-order chi connectivity index (χ1) is 29.8. The van der Waals surface area contributed by atoms with Crippen molar-refractivity contribution in [3.8, 4) is 28.8 Å². The highest BCUT2D eigenvalue weighted by Gasteiger charge is 2.24. The summed E-state index contributed by atoms with van der Waals surface area (Å²) in [4.78, 5) is 0. The van der Waals surface area contributed by atoms with Crippen LogP contribution in [0.5, 0.6) is 0 Å². The summed E-state index contributed by atoms with van der Waals surface area (Å²) in [5.41, 5.74) is 14.2. The Balaban J connectivity index is 1.18. The topological polar surface area (TPSA) is 43.5 Å². The summed E-state index contributed by atoms with van der Waals surface area (Å²) < 4.78 is 9.63. The summed E-state index contributed by atoms with van der Waals surface area (Å²) >= 11 is 0. The molecule has 0 aliphatic heterocycles. The number of nitriles is 1.